The average Bonchev–Trinajstić information content (AvgIpc) is 3.08. The van der Waals surface area contributed by atoms with Gasteiger partial charge in [-0.2, -0.15) is 10.2 Å². The van der Waals surface area contributed by atoms with Gasteiger partial charge in [-0.3, -0.25) is 9.36 Å². The van der Waals surface area contributed by atoms with Gasteiger partial charge in [-0.15, -0.1) is 0 Å². The highest BCUT2D eigenvalue weighted by atomic mass is 35.5. The number of nitrogens with zero attached hydrogens (tertiary/aromatic N) is 4. The summed E-state index contributed by atoms with van der Waals surface area (Å²) in [7, 11) is 1.92. The Morgan fingerprint density at radius 2 is 1.89 bits per heavy atom. The number of thiocarbonyl (C=S) groups is 1. The standard InChI is InChI=1S/C19H22Cl2N6S/c1-11-7-16(26(4)24-11)9-22-19(28)23-18-12(2)25-27(13(18)3)10-14-5-6-15(20)8-17(14)21/h5-8H,9-10H2,1-4H3,(H2,22,23,28). The first-order valence-electron chi connectivity index (χ1n) is 8.77. The number of halogens is 2. The molecule has 2 heterocycles. The number of rotatable bonds is 5. The Morgan fingerprint density at radius 1 is 1.14 bits per heavy atom. The summed E-state index contributed by atoms with van der Waals surface area (Å²) < 4.78 is 3.75. The molecule has 0 amide bonds. The van der Waals surface area contributed by atoms with E-state index in [4.69, 9.17) is 35.4 Å². The molecule has 0 saturated heterocycles. The second-order valence-electron chi connectivity index (χ2n) is 6.65. The second kappa shape index (κ2) is 8.51. The van der Waals surface area contributed by atoms with E-state index in [9.17, 15) is 0 Å². The molecule has 28 heavy (non-hydrogen) atoms. The van der Waals surface area contributed by atoms with Crippen LogP contribution >= 0.6 is 35.4 Å². The molecule has 3 rings (SSSR count). The lowest BCUT2D eigenvalue weighted by atomic mass is 10.2. The summed E-state index contributed by atoms with van der Waals surface area (Å²) in [5, 5.41) is 17.2. The van der Waals surface area contributed by atoms with Crippen molar-refractivity contribution in [2.75, 3.05) is 5.32 Å². The largest absolute Gasteiger partial charge is 0.357 e. The molecule has 3 aromatic rings. The van der Waals surface area contributed by atoms with E-state index in [-0.39, 0.29) is 0 Å². The molecule has 0 unspecified atom stereocenters. The maximum atomic E-state index is 6.30. The van der Waals surface area contributed by atoms with Crippen molar-refractivity contribution < 1.29 is 0 Å². The van der Waals surface area contributed by atoms with Gasteiger partial charge in [0.1, 0.15) is 0 Å². The summed E-state index contributed by atoms with van der Waals surface area (Å²) in [6.45, 7) is 7.06. The monoisotopic (exact) mass is 436 g/mol. The zero-order valence-electron chi connectivity index (χ0n) is 16.2. The fraction of sp³-hybridized carbons (Fsp3) is 0.316. The molecular formula is C19H22Cl2N6S. The van der Waals surface area contributed by atoms with E-state index in [1.807, 2.05) is 55.4 Å². The van der Waals surface area contributed by atoms with Crippen LogP contribution in [0.15, 0.2) is 24.3 Å². The molecule has 0 radical (unpaired) electrons. The molecule has 2 N–H and O–H groups in total. The van der Waals surface area contributed by atoms with Crippen LogP contribution in [0.2, 0.25) is 10.0 Å². The zero-order valence-corrected chi connectivity index (χ0v) is 18.5. The van der Waals surface area contributed by atoms with E-state index in [2.05, 4.69) is 20.8 Å². The number of nitrogens with one attached hydrogen (secondary N) is 2. The highest BCUT2D eigenvalue weighted by molar-refractivity contribution is 7.80. The molecule has 0 aliphatic heterocycles. The van der Waals surface area contributed by atoms with Gasteiger partial charge in [-0.25, -0.2) is 0 Å². The Balaban J connectivity index is 1.69. The van der Waals surface area contributed by atoms with E-state index in [0.29, 0.717) is 28.2 Å². The first-order chi connectivity index (χ1) is 13.2. The molecule has 0 fully saturated rings. The van der Waals surface area contributed by atoms with Gasteiger partial charge < -0.3 is 10.6 Å². The topological polar surface area (TPSA) is 59.7 Å². The van der Waals surface area contributed by atoms with Gasteiger partial charge in [0, 0.05) is 17.1 Å². The number of aromatic nitrogens is 4. The van der Waals surface area contributed by atoms with Crippen molar-refractivity contribution in [2.45, 2.75) is 33.9 Å². The van der Waals surface area contributed by atoms with Gasteiger partial charge in [-0.1, -0.05) is 29.3 Å². The number of benzene rings is 1. The third-order valence-electron chi connectivity index (χ3n) is 4.48. The van der Waals surface area contributed by atoms with Gasteiger partial charge >= 0.3 is 0 Å². The summed E-state index contributed by atoms with van der Waals surface area (Å²) in [6, 6.07) is 7.51. The van der Waals surface area contributed by atoms with Gasteiger partial charge in [0.25, 0.3) is 0 Å². The lowest BCUT2D eigenvalue weighted by Crippen LogP contribution is -2.29. The Morgan fingerprint density at radius 3 is 2.54 bits per heavy atom. The second-order valence-corrected chi connectivity index (χ2v) is 7.90. The van der Waals surface area contributed by atoms with Crippen LogP contribution in [-0.4, -0.2) is 24.7 Å². The summed E-state index contributed by atoms with van der Waals surface area (Å²) >= 11 is 17.7. The van der Waals surface area contributed by atoms with E-state index < -0.39 is 0 Å². The van der Waals surface area contributed by atoms with Crippen molar-refractivity contribution in [1.29, 1.82) is 0 Å². The maximum absolute atomic E-state index is 6.30. The summed E-state index contributed by atoms with van der Waals surface area (Å²) in [6.07, 6.45) is 0. The Bertz CT molecular complexity index is 1020. The van der Waals surface area contributed by atoms with Crippen LogP contribution in [0, 0.1) is 20.8 Å². The number of hydrogen-bond donors (Lipinski definition) is 2. The van der Waals surface area contributed by atoms with Crippen molar-refractivity contribution in [3.8, 4) is 0 Å². The van der Waals surface area contributed by atoms with Gasteiger partial charge in [0.2, 0.25) is 0 Å². The maximum Gasteiger partial charge on any atom is 0.171 e. The number of aryl methyl sites for hydroxylation is 3. The van der Waals surface area contributed by atoms with Crippen LogP contribution < -0.4 is 10.6 Å². The molecule has 1 aromatic carbocycles. The molecule has 9 heteroatoms. The van der Waals surface area contributed by atoms with Crippen LogP contribution in [0.4, 0.5) is 5.69 Å². The highest BCUT2D eigenvalue weighted by Crippen LogP contribution is 2.25. The molecule has 2 aromatic heterocycles. The Labute approximate surface area is 179 Å². The Hall–Kier alpha value is -2.09. The first-order valence-corrected chi connectivity index (χ1v) is 9.93. The zero-order chi connectivity index (χ0) is 20.4. The lowest BCUT2D eigenvalue weighted by molar-refractivity contribution is 0.659. The third kappa shape index (κ3) is 4.66. The smallest absolute Gasteiger partial charge is 0.171 e. The van der Waals surface area contributed by atoms with Crippen LogP contribution in [-0.2, 0) is 20.1 Å². The van der Waals surface area contributed by atoms with Crippen molar-refractivity contribution in [3.63, 3.8) is 0 Å². The first kappa shape index (κ1) is 20.6. The number of hydrogen-bond acceptors (Lipinski definition) is 3. The van der Waals surface area contributed by atoms with Crippen molar-refractivity contribution in [3.05, 3.63) is 62.6 Å². The lowest BCUT2D eigenvalue weighted by Gasteiger charge is -2.12. The fourth-order valence-corrected chi connectivity index (χ4v) is 3.64. The molecule has 148 valence electrons. The fourth-order valence-electron chi connectivity index (χ4n) is 3.00. The minimum Gasteiger partial charge on any atom is -0.357 e. The van der Waals surface area contributed by atoms with Crippen molar-refractivity contribution in [1.82, 2.24) is 24.9 Å². The quantitative estimate of drug-likeness (QED) is 0.580. The normalized spacial score (nSPS) is 10.9. The molecule has 0 bridgehead atoms. The van der Waals surface area contributed by atoms with E-state index in [1.54, 1.807) is 6.07 Å². The summed E-state index contributed by atoms with van der Waals surface area (Å²) in [5.74, 6) is 0. The molecule has 0 aliphatic rings. The van der Waals surface area contributed by atoms with Crippen molar-refractivity contribution in [2.24, 2.45) is 7.05 Å². The van der Waals surface area contributed by atoms with E-state index in [0.717, 1.165) is 34.0 Å². The summed E-state index contributed by atoms with van der Waals surface area (Å²) in [4.78, 5) is 0. The molecule has 6 nitrogen and oxygen atoms in total. The number of anilines is 1. The van der Waals surface area contributed by atoms with Gasteiger partial charge in [0.15, 0.2) is 5.11 Å². The molecule has 0 atom stereocenters. The third-order valence-corrected chi connectivity index (χ3v) is 5.32. The van der Waals surface area contributed by atoms with Crippen LogP contribution in [0.1, 0.15) is 28.3 Å². The summed E-state index contributed by atoms with van der Waals surface area (Å²) in [5.41, 5.74) is 5.72. The predicted octanol–water partition coefficient (Wildman–Crippen LogP) is 4.38. The van der Waals surface area contributed by atoms with Gasteiger partial charge in [0.05, 0.1) is 41.6 Å². The van der Waals surface area contributed by atoms with Crippen LogP contribution in [0.3, 0.4) is 0 Å². The van der Waals surface area contributed by atoms with E-state index >= 15 is 0 Å². The highest BCUT2D eigenvalue weighted by Gasteiger charge is 2.14. The molecule has 0 saturated carbocycles. The Kier molecular flexibility index (Phi) is 6.27. The van der Waals surface area contributed by atoms with Crippen LogP contribution in [0.5, 0.6) is 0 Å². The average molecular weight is 437 g/mol. The van der Waals surface area contributed by atoms with Crippen LogP contribution in [0.25, 0.3) is 0 Å². The predicted molar refractivity (Wildman–Crippen MR) is 118 cm³/mol. The van der Waals surface area contributed by atoms with E-state index in [1.165, 1.54) is 0 Å². The minimum atomic E-state index is 0.536. The molecule has 0 aliphatic carbocycles. The molecule has 0 spiro atoms. The van der Waals surface area contributed by atoms with Crippen molar-refractivity contribution >= 4 is 46.2 Å². The molecular weight excluding hydrogens is 415 g/mol. The van der Waals surface area contributed by atoms with Gasteiger partial charge in [-0.05, 0) is 56.8 Å². The minimum absolute atomic E-state index is 0.536. The SMILES string of the molecule is Cc1cc(CNC(=S)Nc2c(C)nn(Cc3ccc(Cl)cc3Cl)c2C)n(C)n1.